The normalized spacial score (nSPS) is 32.9. The lowest BCUT2D eigenvalue weighted by Gasteiger charge is -2.49. The monoisotopic (exact) mass is 361 g/mol. The molecule has 1 aromatic heterocycles. The van der Waals surface area contributed by atoms with E-state index in [0.29, 0.717) is 12.0 Å². The maximum atomic E-state index is 12.5. The van der Waals surface area contributed by atoms with Crippen molar-refractivity contribution in [2.45, 2.75) is 76.6 Å². The Balaban J connectivity index is 1.39. The number of amides is 1. The lowest BCUT2D eigenvalue weighted by molar-refractivity contribution is -0.133. The predicted molar refractivity (Wildman–Crippen MR) is 97.2 cm³/mol. The minimum absolute atomic E-state index is 0.118. The highest BCUT2D eigenvalue weighted by molar-refractivity contribution is 5.79. The van der Waals surface area contributed by atoms with Crippen molar-refractivity contribution in [3.8, 4) is 0 Å². The fourth-order valence-corrected chi connectivity index (χ4v) is 5.05. The number of piperidine rings is 3. The molecule has 1 saturated carbocycles. The third-order valence-electron chi connectivity index (χ3n) is 6.49. The molecule has 0 aromatic carbocycles. The van der Waals surface area contributed by atoms with Gasteiger partial charge in [-0.05, 0) is 52.0 Å². The first kappa shape index (κ1) is 17.9. The van der Waals surface area contributed by atoms with Gasteiger partial charge in [-0.1, -0.05) is 18.1 Å². The second kappa shape index (κ2) is 6.93. The summed E-state index contributed by atoms with van der Waals surface area (Å²) in [4.78, 5) is 14.9. The number of nitrogens with zero attached hydrogens (tertiary/aromatic N) is 4. The first-order valence-electron chi connectivity index (χ1n) is 10.1. The molecule has 26 heavy (non-hydrogen) atoms. The van der Waals surface area contributed by atoms with Crippen LogP contribution in [0.3, 0.4) is 0 Å². The molecule has 1 aromatic rings. The van der Waals surface area contributed by atoms with Gasteiger partial charge in [-0.3, -0.25) is 14.4 Å². The summed E-state index contributed by atoms with van der Waals surface area (Å²) in [6, 6.07) is 0.605. The zero-order valence-electron chi connectivity index (χ0n) is 15.9. The number of hydrogen-bond donors (Lipinski definition) is 2. The Morgan fingerprint density at radius 3 is 2.85 bits per heavy atom. The van der Waals surface area contributed by atoms with E-state index in [1.165, 1.54) is 0 Å². The van der Waals surface area contributed by atoms with Crippen molar-refractivity contribution in [1.29, 1.82) is 0 Å². The molecule has 4 atom stereocenters. The first-order chi connectivity index (χ1) is 12.4. The van der Waals surface area contributed by atoms with Gasteiger partial charge in [0.15, 0.2) is 0 Å². The fourth-order valence-electron chi connectivity index (χ4n) is 5.05. The van der Waals surface area contributed by atoms with Gasteiger partial charge >= 0.3 is 0 Å². The summed E-state index contributed by atoms with van der Waals surface area (Å²) in [6.45, 7) is 6.73. The van der Waals surface area contributed by atoms with Crippen LogP contribution in [0.25, 0.3) is 0 Å². The molecule has 4 heterocycles. The summed E-state index contributed by atoms with van der Waals surface area (Å²) >= 11 is 0. The van der Waals surface area contributed by atoms with Gasteiger partial charge in [0.25, 0.3) is 0 Å². The van der Waals surface area contributed by atoms with Gasteiger partial charge in [-0.15, -0.1) is 5.10 Å². The minimum atomic E-state index is -0.774. The van der Waals surface area contributed by atoms with Crippen LogP contribution in [0.4, 0.5) is 0 Å². The summed E-state index contributed by atoms with van der Waals surface area (Å²) in [5.41, 5.74) is -0.0513. The standard InChI is InChI=1S/C19H31N5O2/c1-13(2)20-18(25)16-11-23-8-5-14(16)9-15(23)10-24-12-17(21-22-24)19(26)6-3-4-7-19/h12-16,26H,3-11H2,1-2H3,(H,20,25)/t14-,15-,16-/m1/s1. The maximum Gasteiger partial charge on any atom is 0.224 e. The minimum Gasteiger partial charge on any atom is -0.383 e. The van der Waals surface area contributed by atoms with Gasteiger partial charge < -0.3 is 10.4 Å². The van der Waals surface area contributed by atoms with E-state index in [2.05, 4.69) is 20.5 Å². The summed E-state index contributed by atoms with van der Waals surface area (Å²) in [5, 5.41) is 22.3. The van der Waals surface area contributed by atoms with Crippen LogP contribution in [-0.2, 0) is 16.9 Å². The van der Waals surface area contributed by atoms with Crippen molar-refractivity contribution in [3.63, 3.8) is 0 Å². The summed E-state index contributed by atoms with van der Waals surface area (Å²) in [5.74, 6) is 0.790. The zero-order chi connectivity index (χ0) is 18.3. The van der Waals surface area contributed by atoms with E-state index in [4.69, 9.17) is 0 Å². The molecule has 4 aliphatic rings. The molecule has 3 saturated heterocycles. The van der Waals surface area contributed by atoms with Gasteiger partial charge in [0, 0.05) is 18.6 Å². The third-order valence-corrected chi connectivity index (χ3v) is 6.49. The molecule has 2 N–H and O–H groups in total. The van der Waals surface area contributed by atoms with Crippen LogP contribution in [-0.4, -0.2) is 56.1 Å². The quantitative estimate of drug-likeness (QED) is 0.825. The molecular formula is C19H31N5O2. The molecule has 1 unspecified atom stereocenters. The Kier molecular flexibility index (Phi) is 4.77. The maximum absolute atomic E-state index is 12.5. The van der Waals surface area contributed by atoms with E-state index in [1.54, 1.807) is 0 Å². The molecule has 1 aliphatic carbocycles. The first-order valence-corrected chi connectivity index (χ1v) is 10.1. The average Bonchev–Trinajstić information content (AvgIpc) is 3.25. The molecule has 0 spiro atoms. The topological polar surface area (TPSA) is 83.3 Å². The number of aromatic nitrogens is 3. The van der Waals surface area contributed by atoms with Gasteiger partial charge in [0.05, 0.1) is 18.7 Å². The van der Waals surface area contributed by atoms with Gasteiger partial charge in [0.1, 0.15) is 11.3 Å². The highest BCUT2D eigenvalue weighted by atomic mass is 16.3. The van der Waals surface area contributed by atoms with E-state index in [-0.39, 0.29) is 17.9 Å². The van der Waals surface area contributed by atoms with Crippen molar-refractivity contribution < 1.29 is 9.90 Å². The van der Waals surface area contributed by atoms with Crippen LogP contribution < -0.4 is 5.32 Å². The summed E-state index contributed by atoms with van der Waals surface area (Å²) in [6.07, 6.45) is 7.76. The lowest BCUT2D eigenvalue weighted by Crippen LogP contribution is -2.58. The number of aliphatic hydroxyl groups is 1. The Morgan fingerprint density at radius 2 is 2.19 bits per heavy atom. The molecule has 5 rings (SSSR count). The smallest absolute Gasteiger partial charge is 0.224 e. The number of rotatable bonds is 5. The Bertz CT molecular complexity index is 652. The number of fused-ring (bicyclic) bond motifs is 3. The van der Waals surface area contributed by atoms with Crippen LogP contribution in [0.5, 0.6) is 0 Å². The highest BCUT2D eigenvalue weighted by Gasteiger charge is 2.43. The Hall–Kier alpha value is -1.47. The van der Waals surface area contributed by atoms with Crippen LogP contribution in [0, 0.1) is 11.8 Å². The molecule has 4 fully saturated rings. The molecule has 7 heteroatoms. The van der Waals surface area contributed by atoms with Crippen molar-refractivity contribution in [1.82, 2.24) is 25.2 Å². The lowest BCUT2D eigenvalue weighted by atomic mass is 9.75. The summed E-state index contributed by atoms with van der Waals surface area (Å²) < 4.78 is 1.89. The van der Waals surface area contributed by atoms with Crippen LogP contribution in [0.15, 0.2) is 6.20 Å². The molecule has 2 bridgehead atoms. The second-order valence-corrected chi connectivity index (χ2v) is 8.77. The van der Waals surface area contributed by atoms with Gasteiger partial charge in [-0.2, -0.15) is 0 Å². The Morgan fingerprint density at radius 1 is 1.42 bits per heavy atom. The molecule has 3 aliphatic heterocycles. The van der Waals surface area contributed by atoms with Crippen molar-refractivity contribution >= 4 is 5.91 Å². The van der Waals surface area contributed by atoms with E-state index < -0.39 is 5.60 Å². The number of carbonyl (C=O) groups excluding carboxylic acids is 1. The van der Waals surface area contributed by atoms with E-state index >= 15 is 0 Å². The molecule has 1 amide bonds. The van der Waals surface area contributed by atoms with Crippen molar-refractivity contribution in [3.05, 3.63) is 11.9 Å². The van der Waals surface area contributed by atoms with Gasteiger partial charge in [-0.25, -0.2) is 0 Å². The molecule has 7 nitrogen and oxygen atoms in total. The summed E-state index contributed by atoms with van der Waals surface area (Å²) in [7, 11) is 0. The number of hydrogen-bond acceptors (Lipinski definition) is 5. The number of carbonyl (C=O) groups is 1. The zero-order valence-corrected chi connectivity index (χ0v) is 15.9. The molecular weight excluding hydrogens is 330 g/mol. The Labute approximate surface area is 155 Å². The van der Waals surface area contributed by atoms with Crippen molar-refractivity contribution in [2.24, 2.45) is 11.8 Å². The predicted octanol–water partition coefficient (Wildman–Crippen LogP) is 1.27. The van der Waals surface area contributed by atoms with E-state index in [9.17, 15) is 9.90 Å². The third kappa shape index (κ3) is 3.39. The van der Waals surface area contributed by atoms with Crippen LogP contribution in [0.1, 0.15) is 58.1 Å². The average molecular weight is 361 g/mol. The van der Waals surface area contributed by atoms with Crippen molar-refractivity contribution in [2.75, 3.05) is 13.1 Å². The second-order valence-electron chi connectivity index (χ2n) is 8.77. The molecule has 144 valence electrons. The van der Waals surface area contributed by atoms with E-state index in [0.717, 1.165) is 63.9 Å². The van der Waals surface area contributed by atoms with Crippen LogP contribution >= 0.6 is 0 Å². The number of nitrogens with one attached hydrogen (secondary N) is 1. The largest absolute Gasteiger partial charge is 0.383 e. The SMILES string of the molecule is CC(C)NC(=O)[C@@H]1CN2CC[C@@H]1C[C@@H]2Cn1cc(C2(O)CCCC2)nn1. The van der Waals surface area contributed by atoms with Crippen LogP contribution in [0.2, 0.25) is 0 Å². The van der Waals surface area contributed by atoms with Gasteiger partial charge in [0.2, 0.25) is 5.91 Å². The highest BCUT2D eigenvalue weighted by Crippen LogP contribution is 2.38. The molecule has 0 radical (unpaired) electrons. The van der Waals surface area contributed by atoms with E-state index in [1.807, 2.05) is 24.7 Å². The fraction of sp³-hybridized carbons (Fsp3) is 0.842.